The van der Waals surface area contributed by atoms with Crippen LogP contribution >= 0.6 is 0 Å². The van der Waals surface area contributed by atoms with Crippen LogP contribution in [0, 0.1) is 0 Å². The number of aromatic nitrogens is 3. The van der Waals surface area contributed by atoms with E-state index in [0.717, 1.165) is 16.0 Å². The molecule has 4 amide bonds. The highest BCUT2D eigenvalue weighted by Gasteiger charge is 2.34. The van der Waals surface area contributed by atoms with Crippen LogP contribution in [0.15, 0.2) is 65.6 Å². The molecule has 1 aliphatic heterocycles. The lowest BCUT2D eigenvalue weighted by atomic mass is 10.0. The molecule has 170 valence electrons. The molecule has 2 aromatic carbocycles. The molecule has 5 rings (SSSR count). The molecule has 4 aromatic rings. The van der Waals surface area contributed by atoms with Gasteiger partial charge in [0.15, 0.2) is 5.65 Å². The van der Waals surface area contributed by atoms with E-state index in [1.165, 1.54) is 9.47 Å². The van der Waals surface area contributed by atoms with Crippen molar-refractivity contribution in [3.8, 4) is 11.1 Å². The molecule has 3 heterocycles. The van der Waals surface area contributed by atoms with Crippen LogP contribution in [0.1, 0.15) is 10.4 Å². The molecule has 34 heavy (non-hydrogen) atoms. The van der Waals surface area contributed by atoms with E-state index < -0.39 is 6.03 Å². The number of carbonyl (C=O) groups is 3. The Morgan fingerprint density at radius 3 is 2.56 bits per heavy atom. The molecule has 0 unspecified atom stereocenters. The van der Waals surface area contributed by atoms with Crippen molar-refractivity contribution < 1.29 is 14.4 Å². The average Bonchev–Trinajstić information content (AvgIpc) is 3.26. The molecular weight excluding hydrogens is 436 g/mol. The summed E-state index contributed by atoms with van der Waals surface area (Å²) < 4.78 is 1.48. The normalized spacial score (nSPS) is 13.7. The first-order valence-corrected chi connectivity index (χ1v) is 10.5. The van der Waals surface area contributed by atoms with Gasteiger partial charge in [0.25, 0.3) is 11.8 Å². The van der Waals surface area contributed by atoms with Crippen molar-refractivity contribution in [1.29, 1.82) is 0 Å². The number of H-pyrrole nitrogens is 1. The topological polar surface area (TPSA) is 120 Å². The summed E-state index contributed by atoms with van der Waals surface area (Å²) in [6.07, 6.45) is 1.64. The number of imidazole rings is 1. The predicted octanol–water partition coefficient (Wildman–Crippen LogP) is 2.58. The maximum atomic E-state index is 12.9. The fourth-order valence-corrected chi connectivity index (χ4v) is 3.90. The number of amides is 4. The van der Waals surface area contributed by atoms with Gasteiger partial charge in [-0.1, -0.05) is 18.2 Å². The molecule has 2 aromatic heterocycles. The minimum Gasteiger partial charge on any atom is -0.322 e. The minimum atomic E-state index is -0.410. The Labute approximate surface area is 193 Å². The van der Waals surface area contributed by atoms with Gasteiger partial charge in [-0.15, -0.1) is 0 Å². The summed E-state index contributed by atoms with van der Waals surface area (Å²) in [5, 5.41) is 2.82. The number of urea groups is 1. The second-order valence-electron chi connectivity index (χ2n) is 8.03. The monoisotopic (exact) mass is 456 g/mol. The molecule has 0 radical (unpaired) electrons. The van der Waals surface area contributed by atoms with Crippen LogP contribution in [-0.2, 0) is 11.8 Å². The smallest absolute Gasteiger partial charge is 0.322 e. The number of hydrogen-bond acceptors (Lipinski definition) is 5. The van der Waals surface area contributed by atoms with Gasteiger partial charge < -0.3 is 10.2 Å². The lowest BCUT2D eigenvalue weighted by Crippen LogP contribution is -2.31. The number of likely N-dealkylation sites (N-methyl/N-ethyl adjacent to an activating group) is 1. The highest BCUT2D eigenvalue weighted by atomic mass is 16.2. The molecule has 0 saturated carbocycles. The molecule has 0 atom stereocenters. The van der Waals surface area contributed by atoms with E-state index in [1.54, 1.807) is 62.8 Å². The van der Waals surface area contributed by atoms with E-state index in [0.29, 0.717) is 28.1 Å². The van der Waals surface area contributed by atoms with Gasteiger partial charge in [-0.05, 0) is 42.0 Å². The Hall–Kier alpha value is -4.73. The first-order chi connectivity index (χ1) is 16.3. The molecule has 1 saturated heterocycles. The van der Waals surface area contributed by atoms with Gasteiger partial charge in [0.1, 0.15) is 6.54 Å². The van der Waals surface area contributed by atoms with Gasteiger partial charge in [0, 0.05) is 37.1 Å². The van der Waals surface area contributed by atoms with Crippen molar-refractivity contribution in [3.63, 3.8) is 0 Å². The number of hydrogen-bond donors (Lipinski definition) is 2. The van der Waals surface area contributed by atoms with Gasteiger partial charge in [-0.3, -0.25) is 19.1 Å². The first-order valence-electron chi connectivity index (χ1n) is 10.5. The number of nitrogens with zero attached hydrogens (tertiary/aromatic N) is 4. The van der Waals surface area contributed by atoms with Crippen molar-refractivity contribution in [2.24, 2.45) is 7.05 Å². The van der Waals surface area contributed by atoms with Crippen LogP contribution in [0.25, 0.3) is 22.3 Å². The standard InChI is InChI=1S/C24H20N6O4/c1-28-13-20(31)30(24(28)34)18-8-4-7-17(11-18)26-22(32)15-6-3-5-14(9-15)16-10-19-21(25-12-16)27-23(33)29(19)2/h3-12H,13H2,1-2H3,(H,26,32)(H,25,27,33). The zero-order valence-corrected chi connectivity index (χ0v) is 18.4. The molecule has 10 nitrogen and oxygen atoms in total. The van der Waals surface area contributed by atoms with Crippen LogP contribution < -0.4 is 15.9 Å². The summed E-state index contributed by atoms with van der Waals surface area (Å²) in [6, 6.07) is 15.0. The van der Waals surface area contributed by atoms with Gasteiger partial charge in [0.05, 0.1) is 11.2 Å². The van der Waals surface area contributed by atoms with Crippen molar-refractivity contribution >= 4 is 40.4 Å². The second kappa shape index (κ2) is 8.00. The van der Waals surface area contributed by atoms with Crippen molar-refractivity contribution in [2.45, 2.75) is 0 Å². The average molecular weight is 456 g/mol. The summed E-state index contributed by atoms with van der Waals surface area (Å²) in [7, 11) is 3.22. The number of anilines is 2. The third-order valence-electron chi connectivity index (χ3n) is 5.72. The molecule has 1 fully saturated rings. The van der Waals surface area contributed by atoms with Crippen molar-refractivity contribution in [3.05, 3.63) is 76.8 Å². The Morgan fingerprint density at radius 1 is 1.00 bits per heavy atom. The van der Waals surface area contributed by atoms with Crippen LogP contribution in [-0.4, -0.2) is 50.9 Å². The van der Waals surface area contributed by atoms with Crippen LogP contribution in [0.4, 0.5) is 16.2 Å². The number of fused-ring (bicyclic) bond motifs is 1. The van der Waals surface area contributed by atoms with E-state index in [4.69, 9.17) is 0 Å². The quantitative estimate of drug-likeness (QED) is 0.458. The summed E-state index contributed by atoms with van der Waals surface area (Å²) in [5.41, 5.74) is 3.68. The number of aryl methyl sites for hydroxylation is 1. The molecule has 10 heteroatoms. The highest BCUT2D eigenvalue weighted by molar-refractivity contribution is 6.20. The summed E-state index contributed by atoms with van der Waals surface area (Å²) in [4.78, 5) is 58.6. The number of carbonyl (C=O) groups excluding carboxylic acids is 3. The summed E-state index contributed by atoms with van der Waals surface area (Å²) in [5.74, 6) is -0.674. The third kappa shape index (κ3) is 3.60. The van der Waals surface area contributed by atoms with E-state index in [1.807, 2.05) is 12.1 Å². The Bertz CT molecular complexity index is 1540. The van der Waals surface area contributed by atoms with Crippen LogP contribution in [0.2, 0.25) is 0 Å². The molecule has 0 spiro atoms. The Morgan fingerprint density at radius 2 is 1.79 bits per heavy atom. The fourth-order valence-electron chi connectivity index (χ4n) is 3.90. The minimum absolute atomic E-state index is 0.0137. The maximum Gasteiger partial charge on any atom is 0.331 e. The molecule has 0 bridgehead atoms. The summed E-state index contributed by atoms with van der Waals surface area (Å²) in [6.45, 7) is 0.0137. The lowest BCUT2D eigenvalue weighted by Gasteiger charge is -2.15. The molecule has 1 aliphatic rings. The zero-order valence-electron chi connectivity index (χ0n) is 18.4. The van der Waals surface area contributed by atoms with E-state index >= 15 is 0 Å². The van der Waals surface area contributed by atoms with Crippen molar-refractivity contribution in [1.82, 2.24) is 19.4 Å². The highest BCUT2D eigenvalue weighted by Crippen LogP contribution is 2.26. The number of benzene rings is 2. The first kappa shape index (κ1) is 21.1. The van der Waals surface area contributed by atoms with Crippen LogP contribution in [0.3, 0.4) is 0 Å². The number of nitrogens with one attached hydrogen (secondary N) is 2. The van der Waals surface area contributed by atoms with E-state index in [-0.39, 0.29) is 24.0 Å². The largest absolute Gasteiger partial charge is 0.331 e. The SMILES string of the molecule is CN1CC(=O)N(c2cccc(NC(=O)c3cccc(-c4cnc5[nH]c(=O)n(C)c5c4)c3)c2)C1=O. The Kier molecular flexibility index (Phi) is 4.97. The predicted molar refractivity (Wildman–Crippen MR) is 127 cm³/mol. The third-order valence-corrected chi connectivity index (χ3v) is 5.72. The van der Waals surface area contributed by atoms with E-state index in [2.05, 4.69) is 15.3 Å². The van der Waals surface area contributed by atoms with Crippen molar-refractivity contribution in [2.75, 3.05) is 23.8 Å². The van der Waals surface area contributed by atoms with Gasteiger partial charge >= 0.3 is 11.7 Å². The fraction of sp³-hybridized carbons (Fsp3) is 0.125. The molecular formula is C24H20N6O4. The van der Waals surface area contributed by atoms with E-state index in [9.17, 15) is 19.2 Å². The lowest BCUT2D eigenvalue weighted by molar-refractivity contribution is -0.116. The molecule has 0 aliphatic carbocycles. The van der Waals surface area contributed by atoms with Crippen LogP contribution in [0.5, 0.6) is 0 Å². The summed E-state index contributed by atoms with van der Waals surface area (Å²) >= 11 is 0. The maximum absolute atomic E-state index is 12.9. The van der Waals surface area contributed by atoms with Gasteiger partial charge in [0.2, 0.25) is 0 Å². The van der Waals surface area contributed by atoms with Gasteiger partial charge in [-0.2, -0.15) is 0 Å². The zero-order chi connectivity index (χ0) is 24.0. The number of pyridine rings is 1. The van der Waals surface area contributed by atoms with Gasteiger partial charge in [-0.25, -0.2) is 19.5 Å². The molecule has 2 N–H and O–H groups in total. The number of imide groups is 1. The second-order valence-corrected chi connectivity index (χ2v) is 8.03. The number of rotatable bonds is 4. The Balaban J connectivity index is 1.40. The number of aromatic amines is 1.